The van der Waals surface area contributed by atoms with Crippen LogP contribution in [0.2, 0.25) is 5.02 Å². The number of sulfonamides is 1. The van der Waals surface area contributed by atoms with Crippen LogP contribution in [0, 0.1) is 0 Å². The Balaban J connectivity index is 1.41. The Labute approximate surface area is 223 Å². The third-order valence-corrected chi connectivity index (χ3v) is 8.49. The van der Waals surface area contributed by atoms with Crippen LogP contribution < -0.4 is 14.4 Å². The van der Waals surface area contributed by atoms with Gasteiger partial charge in [-0.2, -0.15) is 0 Å². The minimum atomic E-state index is -3.94. The van der Waals surface area contributed by atoms with Crippen molar-refractivity contribution in [3.63, 3.8) is 0 Å². The highest BCUT2D eigenvalue weighted by Gasteiger charge is 2.36. The highest BCUT2D eigenvalue weighted by molar-refractivity contribution is 7.99. The number of carbonyl (C=O) groups is 1. The third kappa shape index (κ3) is 5.27. The zero-order chi connectivity index (χ0) is 26.0. The molecule has 8 nitrogen and oxygen atoms in total. The summed E-state index contributed by atoms with van der Waals surface area (Å²) in [6.45, 7) is 0.121. The van der Waals surface area contributed by atoms with Crippen LogP contribution in [0.15, 0.2) is 89.0 Å². The first-order valence-electron chi connectivity index (χ1n) is 11.2. The van der Waals surface area contributed by atoms with E-state index in [9.17, 15) is 13.2 Å². The van der Waals surface area contributed by atoms with Crippen LogP contribution in [0.25, 0.3) is 11.3 Å². The molecule has 2 heterocycles. The second kappa shape index (κ2) is 10.4. The number of thioether (sulfide) groups is 1. The van der Waals surface area contributed by atoms with Crippen LogP contribution in [0.1, 0.15) is 5.56 Å². The number of hydrogen-bond acceptors (Lipinski definition) is 7. The van der Waals surface area contributed by atoms with Crippen molar-refractivity contribution in [2.24, 2.45) is 0 Å². The molecule has 11 heteroatoms. The summed E-state index contributed by atoms with van der Waals surface area (Å²) in [7, 11) is -2.37. The van der Waals surface area contributed by atoms with Crippen LogP contribution in [-0.2, 0) is 21.4 Å². The third-order valence-electron chi connectivity index (χ3n) is 5.63. The number of amides is 1. The summed E-state index contributed by atoms with van der Waals surface area (Å²) in [4.78, 5) is 21.2. The van der Waals surface area contributed by atoms with Gasteiger partial charge in [-0.05, 0) is 42.0 Å². The highest BCUT2D eigenvalue weighted by atomic mass is 35.5. The zero-order valence-corrected chi connectivity index (χ0v) is 22.0. The molecule has 4 aromatic rings. The molecule has 1 amide bonds. The summed E-state index contributed by atoms with van der Waals surface area (Å²) >= 11 is 7.09. The fourth-order valence-electron chi connectivity index (χ4n) is 3.95. The SMILES string of the molecule is COc1cccc(CN2c3ccccc3-c3nc(SCC(=O)Nc4cccc(Cl)c4)ncc3S2(=O)=O)c1. The fraction of sp³-hybridized carbons (Fsp3) is 0.115. The molecule has 188 valence electrons. The molecule has 0 unspecified atom stereocenters. The Morgan fingerprint density at radius 2 is 1.89 bits per heavy atom. The molecule has 0 atom stereocenters. The lowest BCUT2D eigenvalue weighted by Crippen LogP contribution is -2.34. The van der Waals surface area contributed by atoms with Gasteiger partial charge in [0.05, 0.1) is 37.0 Å². The van der Waals surface area contributed by atoms with Gasteiger partial charge in [-0.25, -0.2) is 18.4 Å². The molecule has 1 aliphatic heterocycles. The second-order valence-corrected chi connectivity index (χ2v) is 11.3. The molecule has 1 N–H and O–H groups in total. The predicted octanol–water partition coefficient (Wildman–Crippen LogP) is 5.25. The lowest BCUT2D eigenvalue weighted by atomic mass is 10.1. The molecule has 0 fully saturated rings. The number of carbonyl (C=O) groups excluding carboxylic acids is 1. The molecule has 0 radical (unpaired) electrons. The van der Waals surface area contributed by atoms with Crippen molar-refractivity contribution >= 4 is 50.7 Å². The fourth-order valence-corrected chi connectivity index (χ4v) is 6.31. The van der Waals surface area contributed by atoms with Gasteiger partial charge in [0.2, 0.25) is 5.91 Å². The lowest BCUT2D eigenvalue weighted by molar-refractivity contribution is -0.113. The van der Waals surface area contributed by atoms with Crippen molar-refractivity contribution in [3.05, 3.63) is 89.6 Å². The summed E-state index contributed by atoms with van der Waals surface area (Å²) in [6, 6.07) is 21.3. The Bertz CT molecular complexity index is 1600. The number of benzene rings is 3. The second-order valence-electron chi connectivity index (χ2n) is 8.09. The number of aromatic nitrogens is 2. The van der Waals surface area contributed by atoms with Crippen LogP contribution in [0.5, 0.6) is 5.75 Å². The van der Waals surface area contributed by atoms with Crippen molar-refractivity contribution < 1.29 is 17.9 Å². The van der Waals surface area contributed by atoms with Crippen LogP contribution in [0.3, 0.4) is 0 Å². The van der Waals surface area contributed by atoms with E-state index < -0.39 is 10.0 Å². The Hall–Kier alpha value is -3.60. The van der Waals surface area contributed by atoms with E-state index >= 15 is 0 Å². The highest BCUT2D eigenvalue weighted by Crippen LogP contribution is 2.43. The molecule has 0 spiro atoms. The largest absolute Gasteiger partial charge is 0.497 e. The molecule has 0 bridgehead atoms. The quantitative estimate of drug-likeness (QED) is 0.247. The summed E-state index contributed by atoms with van der Waals surface area (Å²) in [5, 5.41) is 3.58. The van der Waals surface area contributed by atoms with Crippen molar-refractivity contribution in [2.75, 3.05) is 22.5 Å². The van der Waals surface area contributed by atoms with Crippen molar-refractivity contribution in [1.29, 1.82) is 0 Å². The Morgan fingerprint density at radius 3 is 2.70 bits per heavy atom. The number of anilines is 2. The lowest BCUT2D eigenvalue weighted by Gasteiger charge is -2.31. The standard InChI is InChI=1S/C26H21ClN4O4S2/c1-35-20-9-4-6-17(12-20)15-31-22-11-3-2-10-21(22)25-23(37(31,33)34)14-28-26(30-25)36-16-24(32)29-19-8-5-7-18(27)13-19/h2-14H,15-16H2,1H3,(H,29,32). The average Bonchev–Trinajstić information content (AvgIpc) is 2.90. The Morgan fingerprint density at radius 1 is 1.08 bits per heavy atom. The van der Waals surface area contributed by atoms with Crippen LogP contribution >= 0.6 is 23.4 Å². The first kappa shape index (κ1) is 25.1. The number of ether oxygens (including phenoxy) is 1. The molecular weight excluding hydrogens is 532 g/mol. The molecule has 1 aliphatic rings. The summed E-state index contributed by atoms with van der Waals surface area (Å²) < 4.78 is 34.0. The van der Waals surface area contributed by atoms with E-state index in [1.54, 1.807) is 55.6 Å². The van der Waals surface area contributed by atoms with Gasteiger partial charge in [-0.15, -0.1) is 0 Å². The Kier molecular flexibility index (Phi) is 7.05. The number of hydrogen-bond donors (Lipinski definition) is 1. The van der Waals surface area contributed by atoms with E-state index in [1.807, 2.05) is 24.3 Å². The van der Waals surface area contributed by atoms with Crippen molar-refractivity contribution in [2.45, 2.75) is 16.6 Å². The molecule has 0 saturated carbocycles. The zero-order valence-electron chi connectivity index (χ0n) is 19.6. The number of nitrogens with one attached hydrogen (secondary N) is 1. The number of fused-ring (bicyclic) bond motifs is 3. The van der Waals surface area contributed by atoms with E-state index in [0.717, 1.165) is 17.3 Å². The molecule has 3 aromatic carbocycles. The van der Waals surface area contributed by atoms with Gasteiger partial charge in [-0.3, -0.25) is 9.10 Å². The molecule has 5 rings (SSSR count). The van der Waals surface area contributed by atoms with E-state index in [0.29, 0.717) is 38.6 Å². The van der Waals surface area contributed by atoms with E-state index in [-0.39, 0.29) is 23.1 Å². The van der Waals surface area contributed by atoms with Gasteiger partial charge in [0.1, 0.15) is 10.6 Å². The van der Waals surface area contributed by atoms with Gasteiger partial charge in [0.15, 0.2) is 5.16 Å². The number of methoxy groups -OCH3 is 1. The van der Waals surface area contributed by atoms with Gasteiger partial charge in [0, 0.05) is 16.3 Å². The monoisotopic (exact) mass is 552 g/mol. The van der Waals surface area contributed by atoms with Gasteiger partial charge in [0.25, 0.3) is 10.0 Å². The van der Waals surface area contributed by atoms with Crippen molar-refractivity contribution in [1.82, 2.24) is 9.97 Å². The maximum absolute atomic E-state index is 13.7. The maximum atomic E-state index is 13.7. The molecule has 37 heavy (non-hydrogen) atoms. The van der Waals surface area contributed by atoms with E-state index in [1.165, 1.54) is 10.5 Å². The smallest absolute Gasteiger partial charge is 0.268 e. The minimum absolute atomic E-state index is 0.0156. The summed E-state index contributed by atoms with van der Waals surface area (Å²) in [5.41, 5.74) is 2.86. The molecule has 0 aliphatic carbocycles. The first-order chi connectivity index (χ1) is 17.8. The topological polar surface area (TPSA) is 101 Å². The molecule has 1 aromatic heterocycles. The van der Waals surface area contributed by atoms with E-state index in [4.69, 9.17) is 16.3 Å². The van der Waals surface area contributed by atoms with E-state index in [2.05, 4.69) is 15.3 Å². The van der Waals surface area contributed by atoms with Crippen molar-refractivity contribution in [3.8, 4) is 17.0 Å². The molecular formula is C26H21ClN4O4S2. The van der Waals surface area contributed by atoms with Gasteiger partial charge in [-0.1, -0.05) is 59.8 Å². The first-order valence-corrected chi connectivity index (χ1v) is 14.0. The summed E-state index contributed by atoms with van der Waals surface area (Å²) in [5.74, 6) is 0.429. The number of para-hydroxylation sites is 1. The van der Waals surface area contributed by atoms with Gasteiger partial charge < -0.3 is 10.1 Å². The number of halogens is 1. The van der Waals surface area contributed by atoms with Gasteiger partial charge >= 0.3 is 0 Å². The predicted molar refractivity (Wildman–Crippen MR) is 145 cm³/mol. The van der Waals surface area contributed by atoms with Crippen LogP contribution in [0.4, 0.5) is 11.4 Å². The maximum Gasteiger partial charge on any atom is 0.268 e. The minimum Gasteiger partial charge on any atom is -0.497 e. The number of rotatable bonds is 7. The number of nitrogens with zero attached hydrogens (tertiary/aromatic N) is 3. The molecule has 0 saturated heterocycles. The van der Waals surface area contributed by atoms with Crippen LogP contribution in [-0.4, -0.2) is 37.2 Å². The average molecular weight is 553 g/mol. The summed E-state index contributed by atoms with van der Waals surface area (Å²) in [6.07, 6.45) is 1.31. The normalized spacial score (nSPS) is 13.4.